The number of halogens is 1. The Hall–Kier alpha value is -1.87. The third-order valence-electron chi connectivity index (χ3n) is 12.3. The van der Waals surface area contributed by atoms with E-state index in [1.807, 2.05) is 12.1 Å². The van der Waals surface area contributed by atoms with Crippen molar-refractivity contribution in [1.82, 2.24) is 0 Å². The molecule has 0 amide bonds. The Labute approximate surface area is 281 Å². The van der Waals surface area contributed by atoms with Gasteiger partial charge in [-0.3, -0.25) is 9.59 Å². The molecule has 0 bridgehead atoms. The van der Waals surface area contributed by atoms with Crippen LogP contribution in [0.25, 0.3) is 6.08 Å². The number of quaternary nitrogens is 1. The lowest BCUT2D eigenvalue weighted by Crippen LogP contribution is -3.00. The lowest BCUT2D eigenvalue weighted by Gasteiger charge is -2.56. The van der Waals surface area contributed by atoms with Gasteiger partial charge in [0.05, 0.1) is 27.2 Å². The number of esters is 1. The van der Waals surface area contributed by atoms with E-state index in [9.17, 15) is 9.59 Å². The number of fused-ring (bicyclic) bond motifs is 5. The highest BCUT2D eigenvalue weighted by molar-refractivity contribution is 6.06. The summed E-state index contributed by atoms with van der Waals surface area (Å²) in [7, 11) is 4.03. The maximum Gasteiger partial charge on any atom is 0.302 e. The average molecular weight is 718 g/mol. The number of hydrogen-bond donors (Lipinski definition) is 0. The van der Waals surface area contributed by atoms with Crippen LogP contribution in [0.3, 0.4) is 0 Å². The Bertz CT molecular complexity index is 1310. The minimum absolute atomic E-state index is 0. The number of likely N-dealkylation sites (tertiary alicyclic amines) is 1. The third kappa shape index (κ3) is 6.25. The second-order valence-corrected chi connectivity index (χ2v) is 15.0. The largest absolute Gasteiger partial charge is 1.00 e. The molecule has 6 rings (SSSR count). The first-order chi connectivity index (χ1) is 20.5. The second-order valence-electron chi connectivity index (χ2n) is 15.0. The first-order valence-electron chi connectivity index (χ1n) is 16.8. The fraction of sp³-hybridized carbons (Fsp3) is 0.676. The van der Waals surface area contributed by atoms with Gasteiger partial charge in [0.25, 0.3) is 0 Å². The van der Waals surface area contributed by atoms with Gasteiger partial charge in [0.15, 0.2) is 17.3 Å². The van der Waals surface area contributed by atoms with Crippen LogP contribution in [0.2, 0.25) is 0 Å². The van der Waals surface area contributed by atoms with Gasteiger partial charge in [0, 0.05) is 18.8 Å². The Balaban J connectivity index is 0.00000384. The number of hydrogen-bond acceptors (Lipinski definition) is 5. The zero-order valence-corrected chi connectivity index (χ0v) is 29.6. The van der Waals surface area contributed by atoms with Crippen molar-refractivity contribution in [1.29, 1.82) is 0 Å². The summed E-state index contributed by atoms with van der Waals surface area (Å²) in [6.07, 6.45) is 15.3. The first-order valence-corrected chi connectivity index (χ1v) is 16.8. The van der Waals surface area contributed by atoms with Gasteiger partial charge in [-0.2, -0.15) is 0 Å². The molecule has 4 fully saturated rings. The van der Waals surface area contributed by atoms with Crippen LogP contribution in [0.15, 0.2) is 35.4 Å². The van der Waals surface area contributed by atoms with Crippen molar-refractivity contribution >= 4 is 17.8 Å². The van der Waals surface area contributed by atoms with Crippen LogP contribution in [0.1, 0.15) is 90.5 Å². The van der Waals surface area contributed by atoms with Crippen LogP contribution >= 0.6 is 0 Å². The Kier molecular flexibility index (Phi) is 9.97. The molecule has 1 saturated heterocycles. The van der Waals surface area contributed by atoms with Crippen molar-refractivity contribution in [2.75, 3.05) is 40.4 Å². The number of piperidine rings is 1. The molecule has 0 aromatic heterocycles. The van der Waals surface area contributed by atoms with Gasteiger partial charge in [-0.05, 0) is 110 Å². The van der Waals surface area contributed by atoms with Crippen LogP contribution in [0.5, 0.6) is 11.5 Å². The molecule has 7 heteroatoms. The fourth-order valence-corrected chi connectivity index (χ4v) is 9.73. The number of ether oxygens (including phenoxy) is 3. The molecule has 1 aromatic carbocycles. The number of carbonyl (C=O) groups excluding carboxylic acids is 2. The van der Waals surface area contributed by atoms with E-state index >= 15 is 0 Å². The van der Waals surface area contributed by atoms with Gasteiger partial charge in [-0.25, -0.2) is 0 Å². The number of Topliss-reactive ketones (excluding diaryl/α,β-unsaturated/α-hetero) is 1. The summed E-state index contributed by atoms with van der Waals surface area (Å²) in [4.78, 5) is 25.6. The lowest BCUT2D eigenvalue weighted by atomic mass is 9.48. The number of nitrogens with zero attached hydrogens (tertiary/aromatic N) is 1. The number of allylic oxidation sites excluding steroid dienone is 2. The summed E-state index contributed by atoms with van der Waals surface area (Å²) in [6, 6.07) is 6.10. The molecule has 0 N–H and O–H groups in total. The van der Waals surface area contributed by atoms with E-state index in [0.717, 1.165) is 78.6 Å². The van der Waals surface area contributed by atoms with Crippen LogP contribution in [0.4, 0.5) is 0 Å². The number of likely N-dealkylation sites (N-methyl/N-ethyl adjacent to an activating group) is 1. The van der Waals surface area contributed by atoms with Crippen molar-refractivity contribution in [3.05, 3.63) is 41.0 Å². The van der Waals surface area contributed by atoms with E-state index in [0.29, 0.717) is 30.1 Å². The van der Waals surface area contributed by atoms with Gasteiger partial charge >= 0.3 is 5.97 Å². The molecule has 6 nitrogen and oxygen atoms in total. The van der Waals surface area contributed by atoms with Crippen LogP contribution in [-0.4, -0.2) is 62.7 Å². The summed E-state index contributed by atoms with van der Waals surface area (Å²) in [5.41, 5.74) is 3.31. The molecule has 1 aromatic rings. The van der Waals surface area contributed by atoms with Gasteiger partial charge in [-0.15, -0.1) is 0 Å². The molecule has 44 heavy (non-hydrogen) atoms. The topological polar surface area (TPSA) is 61.8 Å². The quantitative estimate of drug-likeness (QED) is 0.140. The van der Waals surface area contributed by atoms with E-state index in [4.69, 9.17) is 14.2 Å². The normalized spacial score (nSPS) is 35.0. The minimum atomic E-state index is -0.287. The van der Waals surface area contributed by atoms with E-state index in [1.165, 1.54) is 44.8 Å². The van der Waals surface area contributed by atoms with E-state index < -0.39 is 0 Å². The molecule has 5 aliphatic rings. The standard InChI is InChI=1S/C37H52NO5.HI/c1-25(39)43-29-13-15-36(2)28(24-29)10-11-30-31(36)14-16-37(3)32(30)23-27(35(37)40)21-26-9-12-33(34(22-26)41-5)42-20-19-38(4)17-7-6-8-18-38;/h9-10,12,21-22,29-32H,6-8,11,13-20,23-24H2,1-5H3;1H/q+1;/p-1/b27-21+;/t29-,30+,31-,32-,36-,37-;/m0./s1. The van der Waals surface area contributed by atoms with Crippen molar-refractivity contribution in [2.24, 2.45) is 28.6 Å². The average Bonchev–Trinajstić information content (AvgIpc) is 3.23. The number of methoxy groups -OCH3 is 1. The van der Waals surface area contributed by atoms with E-state index in [2.05, 4.69) is 39.1 Å². The monoisotopic (exact) mass is 717 g/mol. The van der Waals surface area contributed by atoms with Crippen molar-refractivity contribution in [3.8, 4) is 11.5 Å². The van der Waals surface area contributed by atoms with Crippen LogP contribution in [0, 0.1) is 28.6 Å². The van der Waals surface area contributed by atoms with Crippen molar-refractivity contribution in [2.45, 2.75) is 91.1 Å². The highest BCUT2D eigenvalue weighted by Crippen LogP contribution is 2.65. The molecule has 1 heterocycles. The van der Waals surface area contributed by atoms with Gasteiger partial charge in [0.1, 0.15) is 19.3 Å². The highest BCUT2D eigenvalue weighted by atomic mass is 127. The maximum absolute atomic E-state index is 14.0. The number of rotatable bonds is 7. The summed E-state index contributed by atoms with van der Waals surface area (Å²) in [6.45, 7) is 10.3. The Morgan fingerprint density at radius 3 is 2.50 bits per heavy atom. The Morgan fingerprint density at radius 1 is 1.02 bits per heavy atom. The zero-order chi connectivity index (χ0) is 30.4. The van der Waals surface area contributed by atoms with Crippen LogP contribution in [-0.2, 0) is 14.3 Å². The predicted octanol–water partition coefficient (Wildman–Crippen LogP) is 4.17. The Morgan fingerprint density at radius 2 is 1.77 bits per heavy atom. The number of benzene rings is 1. The number of carbonyl (C=O) groups is 2. The SMILES string of the molecule is COc1cc(/C=C2\C[C@H]3[C@@H]4CC=C5C[C@@H](OC(C)=O)CC[C@]5(C)[C@H]4CC[C@]3(C)C2=O)ccc1OCC[N+]1(C)CCCCC1.[I-]. The third-order valence-corrected chi connectivity index (χ3v) is 12.3. The summed E-state index contributed by atoms with van der Waals surface area (Å²) >= 11 is 0. The van der Waals surface area contributed by atoms with Gasteiger partial charge < -0.3 is 42.7 Å². The maximum atomic E-state index is 14.0. The first kappa shape index (κ1) is 33.5. The molecule has 3 saturated carbocycles. The van der Waals surface area contributed by atoms with Crippen LogP contribution < -0.4 is 33.5 Å². The van der Waals surface area contributed by atoms with Gasteiger partial charge in [-0.1, -0.05) is 31.6 Å². The summed E-state index contributed by atoms with van der Waals surface area (Å²) in [5.74, 6) is 3.14. The molecule has 0 unspecified atom stereocenters. The lowest BCUT2D eigenvalue weighted by molar-refractivity contribution is -0.914. The predicted molar refractivity (Wildman–Crippen MR) is 169 cm³/mol. The van der Waals surface area contributed by atoms with Gasteiger partial charge in [0.2, 0.25) is 0 Å². The summed E-state index contributed by atoms with van der Waals surface area (Å²) < 4.78 is 18.7. The summed E-state index contributed by atoms with van der Waals surface area (Å²) in [5, 5.41) is 0. The zero-order valence-electron chi connectivity index (χ0n) is 27.5. The second kappa shape index (κ2) is 13.1. The molecular formula is C37H52INO5. The van der Waals surface area contributed by atoms with E-state index in [-0.39, 0.29) is 46.9 Å². The molecule has 0 spiro atoms. The smallest absolute Gasteiger partial charge is 0.302 e. The molecule has 1 aliphatic heterocycles. The number of ketones is 1. The molecular weight excluding hydrogens is 665 g/mol. The van der Waals surface area contributed by atoms with E-state index in [1.54, 1.807) is 7.11 Å². The molecule has 0 radical (unpaired) electrons. The minimum Gasteiger partial charge on any atom is -1.00 e. The van der Waals surface area contributed by atoms with Crippen molar-refractivity contribution in [3.63, 3.8) is 0 Å². The molecule has 242 valence electrons. The fourth-order valence-electron chi connectivity index (χ4n) is 9.73. The van der Waals surface area contributed by atoms with Crippen molar-refractivity contribution < 1.29 is 52.3 Å². The molecule has 4 aliphatic carbocycles. The highest BCUT2D eigenvalue weighted by Gasteiger charge is 2.60. The molecule has 6 atom stereocenters.